The fourth-order valence-electron chi connectivity index (χ4n) is 1.34. The molecule has 2 aromatic rings. The highest BCUT2D eigenvalue weighted by atomic mass is 79.9. The number of aromatic nitrogens is 1. The standard InChI is InChI=1S/C13H8BrF2N/c14-13-7-10(12(16)8-17-13)6-5-9-3-1-2-4-11(9)15/h1-8H. The Bertz CT molecular complexity index is 567. The first-order valence-electron chi connectivity index (χ1n) is 4.90. The van der Waals surface area contributed by atoms with Gasteiger partial charge in [0.15, 0.2) is 0 Å². The smallest absolute Gasteiger partial charge is 0.148 e. The number of halogens is 3. The van der Waals surface area contributed by atoms with Crippen molar-refractivity contribution in [2.75, 3.05) is 0 Å². The summed E-state index contributed by atoms with van der Waals surface area (Å²) in [5, 5.41) is 0. The monoisotopic (exact) mass is 295 g/mol. The van der Waals surface area contributed by atoms with Gasteiger partial charge in [-0.15, -0.1) is 0 Å². The van der Waals surface area contributed by atoms with Gasteiger partial charge in [0.25, 0.3) is 0 Å². The summed E-state index contributed by atoms with van der Waals surface area (Å²) in [4.78, 5) is 3.75. The molecular weight excluding hydrogens is 288 g/mol. The highest BCUT2D eigenvalue weighted by Gasteiger charge is 2.01. The molecule has 0 amide bonds. The minimum absolute atomic E-state index is 0.336. The van der Waals surface area contributed by atoms with Crippen molar-refractivity contribution < 1.29 is 8.78 Å². The minimum Gasteiger partial charge on any atom is -0.246 e. The Morgan fingerprint density at radius 3 is 2.47 bits per heavy atom. The molecule has 2 rings (SSSR count). The lowest BCUT2D eigenvalue weighted by Crippen LogP contribution is -1.85. The summed E-state index contributed by atoms with van der Waals surface area (Å²) >= 11 is 3.15. The molecule has 0 fully saturated rings. The molecule has 0 saturated carbocycles. The van der Waals surface area contributed by atoms with E-state index in [2.05, 4.69) is 20.9 Å². The van der Waals surface area contributed by atoms with Crippen LogP contribution in [0.15, 0.2) is 41.1 Å². The molecule has 1 aromatic heterocycles. The van der Waals surface area contributed by atoms with Crippen LogP contribution in [0.3, 0.4) is 0 Å². The Morgan fingerprint density at radius 2 is 1.71 bits per heavy atom. The van der Waals surface area contributed by atoms with Crippen LogP contribution in [-0.4, -0.2) is 4.98 Å². The normalized spacial score (nSPS) is 11.0. The molecule has 1 nitrogen and oxygen atoms in total. The summed E-state index contributed by atoms with van der Waals surface area (Å²) in [6, 6.07) is 7.85. The fourth-order valence-corrected chi connectivity index (χ4v) is 1.69. The second kappa shape index (κ2) is 5.19. The highest BCUT2D eigenvalue weighted by Crippen LogP contribution is 2.16. The number of pyridine rings is 1. The maximum atomic E-state index is 13.3. The SMILES string of the molecule is Fc1ccccc1C=Cc1cc(Br)ncc1F. The number of rotatable bonds is 2. The van der Waals surface area contributed by atoms with Crippen LogP contribution in [0.1, 0.15) is 11.1 Å². The zero-order valence-corrected chi connectivity index (χ0v) is 10.3. The van der Waals surface area contributed by atoms with E-state index < -0.39 is 5.82 Å². The Kier molecular flexibility index (Phi) is 3.64. The first kappa shape index (κ1) is 11.9. The van der Waals surface area contributed by atoms with Gasteiger partial charge in [0.1, 0.15) is 16.2 Å². The van der Waals surface area contributed by atoms with Gasteiger partial charge in [-0.3, -0.25) is 0 Å². The molecule has 0 atom stereocenters. The lowest BCUT2D eigenvalue weighted by molar-refractivity contribution is 0.617. The molecule has 0 unspecified atom stereocenters. The van der Waals surface area contributed by atoms with Crippen LogP contribution < -0.4 is 0 Å². The Hall–Kier alpha value is -1.55. The van der Waals surface area contributed by atoms with E-state index in [0.717, 1.165) is 6.20 Å². The molecular formula is C13H8BrF2N. The molecule has 0 N–H and O–H groups in total. The summed E-state index contributed by atoms with van der Waals surface area (Å²) in [5.74, 6) is -0.780. The van der Waals surface area contributed by atoms with Crippen molar-refractivity contribution in [2.45, 2.75) is 0 Å². The van der Waals surface area contributed by atoms with Crippen molar-refractivity contribution in [1.29, 1.82) is 0 Å². The third kappa shape index (κ3) is 2.97. The third-order valence-corrected chi connectivity index (χ3v) is 2.63. The van der Waals surface area contributed by atoms with Gasteiger partial charge in [0.2, 0.25) is 0 Å². The molecule has 0 aliphatic rings. The number of hydrogen-bond donors (Lipinski definition) is 0. The molecule has 0 bridgehead atoms. The van der Waals surface area contributed by atoms with Crippen LogP contribution in [0.2, 0.25) is 0 Å². The van der Waals surface area contributed by atoms with E-state index >= 15 is 0 Å². The minimum atomic E-state index is -0.444. The second-order valence-electron chi connectivity index (χ2n) is 3.38. The van der Waals surface area contributed by atoms with E-state index in [0.29, 0.717) is 15.7 Å². The summed E-state index contributed by atoms with van der Waals surface area (Å²) in [6.45, 7) is 0. The summed E-state index contributed by atoms with van der Waals surface area (Å²) < 4.78 is 27.2. The van der Waals surface area contributed by atoms with E-state index in [1.54, 1.807) is 18.2 Å². The van der Waals surface area contributed by atoms with Crippen LogP contribution in [0.5, 0.6) is 0 Å². The van der Waals surface area contributed by atoms with Crippen molar-refractivity contribution in [1.82, 2.24) is 4.98 Å². The van der Waals surface area contributed by atoms with Crippen molar-refractivity contribution in [3.63, 3.8) is 0 Å². The van der Waals surface area contributed by atoms with E-state index in [4.69, 9.17) is 0 Å². The van der Waals surface area contributed by atoms with Crippen LogP contribution >= 0.6 is 15.9 Å². The molecule has 17 heavy (non-hydrogen) atoms. The van der Waals surface area contributed by atoms with Crippen LogP contribution in [0.4, 0.5) is 8.78 Å². The van der Waals surface area contributed by atoms with Crippen molar-refractivity contribution in [2.24, 2.45) is 0 Å². The van der Waals surface area contributed by atoms with E-state index in [9.17, 15) is 8.78 Å². The lowest BCUT2D eigenvalue weighted by Gasteiger charge is -1.98. The second-order valence-corrected chi connectivity index (χ2v) is 4.20. The van der Waals surface area contributed by atoms with Gasteiger partial charge in [-0.05, 0) is 28.1 Å². The van der Waals surface area contributed by atoms with Gasteiger partial charge in [-0.25, -0.2) is 13.8 Å². The average molecular weight is 296 g/mol. The molecule has 4 heteroatoms. The zero-order chi connectivity index (χ0) is 12.3. The van der Waals surface area contributed by atoms with E-state index in [-0.39, 0.29) is 5.82 Å². The largest absolute Gasteiger partial charge is 0.246 e. The quantitative estimate of drug-likeness (QED) is 0.753. The zero-order valence-electron chi connectivity index (χ0n) is 8.70. The lowest BCUT2D eigenvalue weighted by atomic mass is 10.1. The van der Waals surface area contributed by atoms with Gasteiger partial charge in [0, 0.05) is 11.1 Å². The molecule has 1 heterocycles. The summed E-state index contributed by atoms with van der Waals surface area (Å²) in [6.07, 6.45) is 4.16. The first-order valence-corrected chi connectivity index (χ1v) is 5.70. The molecule has 86 valence electrons. The maximum absolute atomic E-state index is 13.3. The van der Waals surface area contributed by atoms with Gasteiger partial charge in [-0.2, -0.15) is 0 Å². The highest BCUT2D eigenvalue weighted by molar-refractivity contribution is 9.10. The maximum Gasteiger partial charge on any atom is 0.148 e. The fraction of sp³-hybridized carbons (Fsp3) is 0. The van der Waals surface area contributed by atoms with Crippen molar-refractivity contribution in [3.8, 4) is 0 Å². The van der Waals surface area contributed by atoms with Crippen LogP contribution in [0.25, 0.3) is 12.2 Å². The predicted octanol–water partition coefficient (Wildman–Crippen LogP) is 4.29. The van der Waals surface area contributed by atoms with Gasteiger partial charge in [-0.1, -0.05) is 30.4 Å². The van der Waals surface area contributed by atoms with Crippen LogP contribution in [-0.2, 0) is 0 Å². The molecule has 0 saturated heterocycles. The van der Waals surface area contributed by atoms with E-state index in [1.165, 1.54) is 24.3 Å². The first-order chi connectivity index (χ1) is 8.16. The van der Waals surface area contributed by atoms with E-state index in [1.807, 2.05) is 0 Å². The van der Waals surface area contributed by atoms with Gasteiger partial charge < -0.3 is 0 Å². The van der Waals surface area contributed by atoms with Crippen molar-refractivity contribution >= 4 is 28.1 Å². The predicted molar refractivity (Wildman–Crippen MR) is 67.2 cm³/mol. The molecule has 0 spiro atoms. The topological polar surface area (TPSA) is 12.9 Å². The van der Waals surface area contributed by atoms with Gasteiger partial charge in [0.05, 0.1) is 6.20 Å². The number of hydrogen-bond acceptors (Lipinski definition) is 1. The molecule has 0 aliphatic carbocycles. The number of nitrogens with zero attached hydrogens (tertiary/aromatic N) is 1. The molecule has 0 aliphatic heterocycles. The molecule has 0 radical (unpaired) electrons. The van der Waals surface area contributed by atoms with Crippen molar-refractivity contribution in [3.05, 3.63) is 63.9 Å². The average Bonchev–Trinajstić information content (AvgIpc) is 2.32. The third-order valence-electron chi connectivity index (χ3n) is 2.20. The summed E-state index contributed by atoms with van der Waals surface area (Å²) in [5.41, 5.74) is 0.773. The van der Waals surface area contributed by atoms with Crippen LogP contribution in [0, 0.1) is 11.6 Å². The Balaban J connectivity index is 2.32. The Labute approximate surface area is 106 Å². The van der Waals surface area contributed by atoms with Gasteiger partial charge >= 0.3 is 0 Å². The Morgan fingerprint density at radius 1 is 1.00 bits per heavy atom. The summed E-state index contributed by atoms with van der Waals surface area (Å²) in [7, 11) is 0. The molecule has 1 aromatic carbocycles. The number of benzene rings is 1.